The molecule has 0 spiro atoms. The average Bonchev–Trinajstić information content (AvgIpc) is 2.77. The molecule has 102 valence electrons. The third-order valence-electron chi connectivity index (χ3n) is 3.08. The van der Waals surface area contributed by atoms with Gasteiger partial charge in [-0.2, -0.15) is 0 Å². The highest BCUT2D eigenvalue weighted by molar-refractivity contribution is 5.19. The number of nitrogens with one attached hydrogen (secondary N) is 1. The van der Waals surface area contributed by atoms with Crippen molar-refractivity contribution in [1.82, 2.24) is 14.9 Å². The lowest BCUT2D eigenvalue weighted by molar-refractivity contribution is 0.424. The summed E-state index contributed by atoms with van der Waals surface area (Å²) in [6.45, 7) is 10.4. The molecule has 0 aromatic carbocycles. The summed E-state index contributed by atoms with van der Waals surface area (Å²) in [4.78, 5) is 4.43. The zero-order valence-electron chi connectivity index (χ0n) is 12.3. The van der Waals surface area contributed by atoms with Gasteiger partial charge in [0.25, 0.3) is 0 Å². The Morgan fingerprint density at radius 2 is 2.05 bits per heavy atom. The van der Waals surface area contributed by atoms with Gasteiger partial charge in [0.15, 0.2) is 0 Å². The SMILES string of the molecule is Cc1cccnc1Cn1ccc(CNC(C)(C)C)c1. The number of aryl methyl sites for hydroxylation is 1. The fraction of sp³-hybridized carbons (Fsp3) is 0.438. The van der Waals surface area contributed by atoms with Gasteiger partial charge in [-0.3, -0.25) is 4.98 Å². The Bertz CT molecular complexity index is 535. The molecule has 0 saturated carbocycles. The van der Waals surface area contributed by atoms with Crippen LogP contribution in [0.2, 0.25) is 0 Å². The molecule has 1 N–H and O–H groups in total. The highest BCUT2D eigenvalue weighted by atomic mass is 15.0. The minimum atomic E-state index is 0.152. The van der Waals surface area contributed by atoms with E-state index in [1.165, 1.54) is 11.1 Å². The highest BCUT2D eigenvalue weighted by Crippen LogP contribution is 2.09. The van der Waals surface area contributed by atoms with E-state index < -0.39 is 0 Å². The Labute approximate surface area is 115 Å². The van der Waals surface area contributed by atoms with Gasteiger partial charge in [0.1, 0.15) is 0 Å². The fourth-order valence-electron chi connectivity index (χ4n) is 1.92. The molecule has 0 unspecified atom stereocenters. The van der Waals surface area contributed by atoms with Gasteiger partial charge in [-0.15, -0.1) is 0 Å². The van der Waals surface area contributed by atoms with Crippen molar-refractivity contribution in [2.24, 2.45) is 0 Å². The molecule has 0 aliphatic rings. The van der Waals surface area contributed by atoms with E-state index in [2.05, 4.69) is 67.1 Å². The van der Waals surface area contributed by atoms with E-state index in [9.17, 15) is 0 Å². The van der Waals surface area contributed by atoms with Gasteiger partial charge in [0.2, 0.25) is 0 Å². The summed E-state index contributed by atoms with van der Waals surface area (Å²) < 4.78 is 2.19. The van der Waals surface area contributed by atoms with Crippen LogP contribution >= 0.6 is 0 Å². The molecule has 2 aromatic rings. The molecule has 19 heavy (non-hydrogen) atoms. The van der Waals surface area contributed by atoms with Crippen LogP contribution in [0.25, 0.3) is 0 Å². The van der Waals surface area contributed by atoms with Crippen LogP contribution in [-0.2, 0) is 13.1 Å². The summed E-state index contributed by atoms with van der Waals surface area (Å²) >= 11 is 0. The lowest BCUT2D eigenvalue weighted by Crippen LogP contribution is -2.34. The summed E-state index contributed by atoms with van der Waals surface area (Å²) in [7, 11) is 0. The maximum absolute atomic E-state index is 4.43. The van der Waals surface area contributed by atoms with Crippen LogP contribution in [-0.4, -0.2) is 15.1 Å². The predicted octanol–water partition coefficient (Wildman–Crippen LogP) is 3.13. The molecule has 0 aliphatic heterocycles. The molecule has 2 rings (SSSR count). The van der Waals surface area contributed by atoms with Crippen molar-refractivity contribution >= 4 is 0 Å². The minimum Gasteiger partial charge on any atom is -0.348 e. The van der Waals surface area contributed by atoms with E-state index in [0.717, 1.165) is 18.8 Å². The number of nitrogens with zero attached hydrogens (tertiary/aromatic N) is 2. The van der Waals surface area contributed by atoms with Gasteiger partial charge in [0.05, 0.1) is 12.2 Å². The van der Waals surface area contributed by atoms with Crippen molar-refractivity contribution in [3.8, 4) is 0 Å². The highest BCUT2D eigenvalue weighted by Gasteiger charge is 2.09. The Morgan fingerprint density at radius 1 is 1.26 bits per heavy atom. The molecule has 0 atom stereocenters. The van der Waals surface area contributed by atoms with E-state index in [1.807, 2.05) is 12.3 Å². The van der Waals surface area contributed by atoms with Gasteiger partial charge in [-0.25, -0.2) is 0 Å². The van der Waals surface area contributed by atoms with Crippen LogP contribution in [0.1, 0.15) is 37.6 Å². The van der Waals surface area contributed by atoms with Gasteiger partial charge in [-0.1, -0.05) is 6.07 Å². The Morgan fingerprint density at radius 3 is 2.74 bits per heavy atom. The summed E-state index contributed by atoms with van der Waals surface area (Å²) in [5.74, 6) is 0. The lowest BCUT2D eigenvalue weighted by atomic mass is 10.1. The molecular weight excluding hydrogens is 234 g/mol. The van der Waals surface area contributed by atoms with Crippen LogP contribution in [0.5, 0.6) is 0 Å². The average molecular weight is 257 g/mol. The standard InChI is InChI=1S/C16H23N3/c1-13-6-5-8-17-15(13)12-19-9-7-14(11-19)10-18-16(2,3)4/h5-9,11,18H,10,12H2,1-4H3. The summed E-state index contributed by atoms with van der Waals surface area (Å²) in [6.07, 6.45) is 6.16. The molecule has 0 saturated heterocycles. The van der Waals surface area contributed by atoms with Crippen LogP contribution < -0.4 is 5.32 Å². The number of hydrogen-bond donors (Lipinski definition) is 1. The molecule has 3 nitrogen and oxygen atoms in total. The smallest absolute Gasteiger partial charge is 0.0645 e. The maximum Gasteiger partial charge on any atom is 0.0645 e. The number of aromatic nitrogens is 2. The first-order valence-electron chi connectivity index (χ1n) is 6.74. The first kappa shape index (κ1) is 13.8. The largest absolute Gasteiger partial charge is 0.348 e. The monoisotopic (exact) mass is 257 g/mol. The van der Waals surface area contributed by atoms with Crippen LogP contribution in [0.15, 0.2) is 36.8 Å². The first-order chi connectivity index (χ1) is 8.94. The molecule has 0 bridgehead atoms. The normalized spacial score (nSPS) is 11.8. The third kappa shape index (κ3) is 4.21. The van der Waals surface area contributed by atoms with E-state index in [0.29, 0.717) is 0 Å². The van der Waals surface area contributed by atoms with Gasteiger partial charge >= 0.3 is 0 Å². The molecule has 0 fully saturated rings. The van der Waals surface area contributed by atoms with Crippen molar-refractivity contribution in [3.05, 3.63) is 53.6 Å². The van der Waals surface area contributed by atoms with Crippen molar-refractivity contribution in [2.75, 3.05) is 0 Å². The van der Waals surface area contributed by atoms with Crippen LogP contribution in [0, 0.1) is 6.92 Å². The quantitative estimate of drug-likeness (QED) is 0.912. The summed E-state index contributed by atoms with van der Waals surface area (Å²) in [5.41, 5.74) is 3.84. The second-order valence-electron chi connectivity index (χ2n) is 6.06. The molecule has 0 aliphatic carbocycles. The van der Waals surface area contributed by atoms with Crippen LogP contribution in [0.3, 0.4) is 0 Å². The van der Waals surface area contributed by atoms with E-state index in [4.69, 9.17) is 0 Å². The summed E-state index contributed by atoms with van der Waals surface area (Å²) in [5, 5.41) is 3.50. The molecular formula is C16H23N3. The second-order valence-corrected chi connectivity index (χ2v) is 6.06. The zero-order valence-corrected chi connectivity index (χ0v) is 12.3. The topological polar surface area (TPSA) is 29.9 Å². The van der Waals surface area contributed by atoms with E-state index >= 15 is 0 Å². The van der Waals surface area contributed by atoms with Crippen molar-refractivity contribution in [2.45, 2.75) is 46.3 Å². The number of rotatable bonds is 4. The predicted molar refractivity (Wildman–Crippen MR) is 79.1 cm³/mol. The molecule has 0 radical (unpaired) electrons. The number of pyridine rings is 1. The van der Waals surface area contributed by atoms with Gasteiger partial charge in [-0.05, 0) is 51.0 Å². The zero-order chi connectivity index (χ0) is 13.9. The Kier molecular flexibility index (Phi) is 4.05. The third-order valence-corrected chi connectivity index (χ3v) is 3.08. The Balaban J connectivity index is 2.00. The summed E-state index contributed by atoms with van der Waals surface area (Å²) in [6, 6.07) is 6.25. The molecule has 0 amide bonds. The number of hydrogen-bond acceptors (Lipinski definition) is 2. The minimum absolute atomic E-state index is 0.152. The van der Waals surface area contributed by atoms with E-state index in [-0.39, 0.29) is 5.54 Å². The van der Waals surface area contributed by atoms with Crippen LogP contribution in [0.4, 0.5) is 0 Å². The van der Waals surface area contributed by atoms with Crippen molar-refractivity contribution in [1.29, 1.82) is 0 Å². The second kappa shape index (κ2) is 5.57. The van der Waals surface area contributed by atoms with Crippen molar-refractivity contribution < 1.29 is 0 Å². The molecule has 3 heteroatoms. The Hall–Kier alpha value is -1.61. The van der Waals surface area contributed by atoms with Crippen molar-refractivity contribution in [3.63, 3.8) is 0 Å². The van der Waals surface area contributed by atoms with Gasteiger partial charge in [0, 0.05) is 30.7 Å². The molecule has 2 heterocycles. The fourth-order valence-corrected chi connectivity index (χ4v) is 1.92. The van der Waals surface area contributed by atoms with Gasteiger partial charge < -0.3 is 9.88 Å². The first-order valence-corrected chi connectivity index (χ1v) is 6.74. The lowest BCUT2D eigenvalue weighted by Gasteiger charge is -2.19. The van der Waals surface area contributed by atoms with E-state index in [1.54, 1.807) is 0 Å². The molecule has 2 aromatic heterocycles. The maximum atomic E-state index is 4.43.